The zero-order chi connectivity index (χ0) is 14.4. The molecule has 0 aliphatic heterocycles. The summed E-state index contributed by atoms with van der Waals surface area (Å²) in [6.07, 6.45) is 8.21. The van der Waals surface area contributed by atoms with Crippen LogP contribution in [0.2, 0.25) is 0 Å². The van der Waals surface area contributed by atoms with Gasteiger partial charge < -0.3 is 9.64 Å². The van der Waals surface area contributed by atoms with E-state index in [1.807, 2.05) is 6.92 Å². The summed E-state index contributed by atoms with van der Waals surface area (Å²) in [5.41, 5.74) is 2.20. The van der Waals surface area contributed by atoms with E-state index in [9.17, 15) is 0 Å². The molecule has 4 heteroatoms. The molecule has 4 nitrogen and oxygen atoms in total. The maximum atomic E-state index is 5.23. The molecule has 0 bridgehead atoms. The number of hydrogen-bond donors (Lipinski definition) is 0. The molecule has 0 spiro atoms. The average Bonchev–Trinajstić information content (AvgIpc) is 2.47. The lowest BCUT2D eigenvalue weighted by atomic mass is 9.94. The first-order chi connectivity index (χ1) is 9.70. The predicted octanol–water partition coefficient (Wildman–Crippen LogP) is 2.90. The van der Waals surface area contributed by atoms with E-state index in [0.29, 0.717) is 5.92 Å². The molecule has 1 atom stereocenters. The van der Waals surface area contributed by atoms with Crippen LogP contribution in [0.1, 0.15) is 30.5 Å². The van der Waals surface area contributed by atoms with Crippen LogP contribution in [0.3, 0.4) is 0 Å². The van der Waals surface area contributed by atoms with E-state index in [1.54, 1.807) is 7.11 Å². The minimum atomic E-state index is 0.709. The number of methoxy groups -OCH3 is 1. The van der Waals surface area contributed by atoms with Crippen molar-refractivity contribution in [3.8, 4) is 0 Å². The van der Waals surface area contributed by atoms with Crippen LogP contribution in [-0.2, 0) is 4.74 Å². The van der Waals surface area contributed by atoms with E-state index in [4.69, 9.17) is 4.74 Å². The van der Waals surface area contributed by atoms with Crippen LogP contribution < -0.4 is 4.90 Å². The van der Waals surface area contributed by atoms with Gasteiger partial charge in [0.1, 0.15) is 0 Å². The second-order valence-electron chi connectivity index (χ2n) is 5.56. The first-order valence-corrected chi connectivity index (χ1v) is 7.40. The third-order valence-corrected chi connectivity index (χ3v) is 3.96. The highest BCUT2D eigenvalue weighted by atomic mass is 16.5. The third-order valence-electron chi connectivity index (χ3n) is 3.96. The maximum absolute atomic E-state index is 5.23. The quantitative estimate of drug-likeness (QED) is 0.748. The Hall–Kier alpha value is -1.42. The van der Waals surface area contributed by atoms with Gasteiger partial charge in [0.25, 0.3) is 0 Å². The fourth-order valence-electron chi connectivity index (χ4n) is 2.52. The number of aromatic nitrogens is 2. The second kappa shape index (κ2) is 7.39. The van der Waals surface area contributed by atoms with Crippen molar-refractivity contribution in [2.45, 2.75) is 33.1 Å². The number of rotatable bonds is 6. The summed E-state index contributed by atoms with van der Waals surface area (Å²) in [7, 11) is 1.74. The van der Waals surface area contributed by atoms with Crippen LogP contribution in [0, 0.1) is 19.8 Å². The zero-order valence-electron chi connectivity index (χ0n) is 12.8. The largest absolute Gasteiger partial charge is 0.383 e. The zero-order valence-corrected chi connectivity index (χ0v) is 12.8. The SMILES string of the molecule is COCCN(CC1CC=CCC1)c1cc(C)c(C)nn1. The van der Waals surface area contributed by atoms with Crippen molar-refractivity contribution in [1.29, 1.82) is 0 Å². The molecule has 0 amide bonds. The Morgan fingerprint density at radius 2 is 2.15 bits per heavy atom. The van der Waals surface area contributed by atoms with Gasteiger partial charge in [-0.25, -0.2) is 0 Å². The lowest BCUT2D eigenvalue weighted by Crippen LogP contribution is -2.33. The normalized spacial score (nSPS) is 18.2. The molecular formula is C16H25N3O. The monoisotopic (exact) mass is 275 g/mol. The summed E-state index contributed by atoms with van der Waals surface area (Å²) in [6, 6.07) is 2.14. The Morgan fingerprint density at radius 1 is 1.30 bits per heavy atom. The average molecular weight is 275 g/mol. The van der Waals surface area contributed by atoms with E-state index < -0.39 is 0 Å². The summed E-state index contributed by atoms with van der Waals surface area (Å²) in [4.78, 5) is 2.31. The molecule has 1 aromatic rings. The highest BCUT2D eigenvalue weighted by Gasteiger charge is 2.17. The number of hydrogen-bond acceptors (Lipinski definition) is 4. The van der Waals surface area contributed by atoms with Crippen LogP contribution in [-0.4, -0.2) is 37.0 Å². The maximum Gasteiger partial charge on any atom is 0.151 e. The first kappa shape index (κ1) is 15.0. The number of nitrogens with zero attached hydrogens (tertiary/aromatic N) is 3. The lowest BCUT2D eigenvalue weighted by molar-refractivity contribution is 0.203. The third kappa shape index (κ3) is 4.04. The topological polar surface area (TPSA) is 38.2 Å². The van der Waals surface area contributed by atoms with Gasteiger partial charge >= 0.3 is 0 Å². The molecule has 1 aromatic heterocycles. The van der Waals surface area contributed by atoms with Crippen molar-refractivity contribution >= 4 is 5.82 Å². The van der Waals surface area contributed by atoms with Crippen molar-refractivity contribution in [3.05, 3.63) is 29.5 Å². The van der Waals surface area contributed by atoms with Crippen LogP contribution in [0.4, 0.5) is 5.82 Å². The lowest BCUT2D eigenvalue weighted by Gasteiger charge is -2.29. The molecule has 0 saturated carbocycles. The minimum absolute atomic E-state index is 0.709. The summed E-state index contributed by atoms with van der Waals surface area (Å²) in [6.45, 7) is 6.71. The van der Waals surface area contributed by atoms with Gasteiger partial charge in [-0.3, -0.25) is 0 Å². The predicted molar refractivity (Wildman–Crippen MR) is 82.1 cm³/mol. The van der Waals surface area contributed by atoms with Gasteiger partial charge in [0, 0.05) is 20.2 Å². The van der Waals surface area contributed by atoms with Crippen molar-refractivity contribution in [2.24, 2.45) is 5.92 Å². The van der Waals surface area contributed by atoms with E-state index in [0.717, 1.165) is 31.2 Å². The molecule has 0 aromatic carbocycles. The molecule has 0 radical (unpaired) electrons. The van der Waals surface area contributed by atoms with Crippen molar-refractivity contribution < 1.29 is 4.74 Å². The van der Waals surface area contributed by atoms with Gasteiger partial charge in [0.2, 0.25) is 0 Å². The van der Waals surface area contributed by atoms with Gasteiger partial charge in [0.05, 0.1) is 12.3 Å². The molecular weight excluding hydrogens is 250 g/mol. The number of aryl methyl sites for hydroxylation is 2. The fraction of sp³-hybridized carbons (Fsp3) is 0.625. The van der Waals surface area contributed by atoms with Gasteiger partial charge in [-0.1, -0.05) is 12.2 Å². The molecule has 1 aliphatic rings. The molecule has 0 fully saturated rings. The highest BCUT2D eigenvalue weighted by Crippen LogP contribution is 2.22. The van der Waals surface area contributed by atoms with E-state index in [2.05, 4.69) is 40.2 Å². The molecule has 1 unspecified atom stereocenters. The summed E-state index contributed by atoms with van der Waals surface area (Å²) < 4.78 is 5.23. The Balaban J connectivity index is 2.08. The van der Waals surface area contributed by atoms with Gasteiger partial charge in [-0.2, -0.15) is 5.10 Å². The minimum Gasteiger partial charge on any atom is -0.383 e. The smallest absolute Gasteiger partial charge is 0.151 e. The highest BCUT2D eigenvalue weighted by molar-refractivity contribution is 5.40. The van der Waals surface area contributed by atoms with Crippen molar-refractivity contribution in [1.82, 2.24) is 10.2 Å². The molecule has 1 heterocycles. The Labute approximate surface area is 121 Å². The van der Waals surface area contributed by atoms with Crippen LogP contribution >= 0.6 is 0 Å². The molecule has 0 N–H and O–H groups in total. The summed E-state index contributed by atoms with van der Waals surface area (Å²) >= 11 is 0. The fourth-order valence-corrected chi connectivity index (χ4v) is 2.52. The van der Waals surface area contributed by atoms with Crippen molar-refractivity contribution in [2.75, 3.05) is 31.7 Å². The molecule has 1 aliphatic carbocycles. The van der Waals surface area contributed by atoms with E-state index in [-0.39, 0.29) is 0 Å². The number of anilines is 1. The molecule has 110 valence electrons. The Kier molecular flexibility index (Phi) is 5.53. The van der Waals surface area contributed by atoms with Crippen LogP contribution in [0.5, 0.6) is 0 Å². The Morgan fingerprint density at radius 3 is 2.80 bits per heavy atom. The van der Waals surface area contributed by atoms with Gasteiger partial charge in [-0.05, 0) is 50.7 Å². The number of ether oxygens (including phenoxy) is 1. The van der Waals surface area contributed by atoms with E-state index in [1.165, 1.54) is 24.8 Å². The second-order valence-corrected chi connectivity index (χ2v) is 5.56. The number of allylic oxidation sites excluding steroid dienone is 2. The first-order valence-electron chi connectivity index (χ1n) is 7.40. The van der Waals surface area contributed by atoms with Crippen LogP contribution in [0.25, 0.3) is 0 Å². The molecule has 0 saturated heterocycles. The standard InChI is InChI=1S/C16H25N3O/c1-13-11-16(18-17-14(13)2)19(9-10-20-3)12-15-7-5-4-6-8-15/h4-5,11,15H,6-10,12H2,1-3H3. The van der Waals surface area contributed by atoms with Gasteiger partial charge in [-0.15, -0.1) is 5.10 Å². The molecule has 2 rings (SSSR count). The summed E-state index contributed by atoms with van der Waals surface area (Å²) in [5.74, 6) is 1.68. The van der Waals surface area contributed by atoms with Crippen LogP contribution in [0.15, 0.2) is 18.2 Å². The molecule has 20 heavy (non-hydrogen) atoms. The van der Waals surface area contributed by atoms with Gasteiger partial charge in [0.15, 0.2) is 5.82 Å². The van der Waals surface area contributed by atoms with Crippen molar-refractivity contribution in [3.63, 3.8) is 0 Å². The van der Waals surface area contributed by atoms with E-state index >= 15 is 0 Å². The summed E-state index contributed by atoms with van der Waals surface area (Å²) in [5, 5.41) is 8.61. The Bertz CT molecular complexity index is 459.